The van der Waals surface area contributed by atoms with Gasteiger partial charge in [-0.3, -0.25) is 24.6 Å². The number of nitro groups is 1. The predicted molar refractivity (Wildman–Crippen MR) is 123 cm³/mol. The molecular formula is C24H14BrF3N2O5. The van der Waals surface area contributed by atoms with Gasteiger partial charge in [-0.25, -0.2) is 0 Å². The van der Waals surface area contributed by atoms with Crippen LogP contribution in [-0.2, 0) is 15.8 Å². The maximum absolute atomic E-state index is 13.4. The second kappa shape index (κ2) is 8.99. The average Bonchev–Trinajstić information content (AvgIpc) is 3.09. The number of aliphatic hydroxyl groups is 1. The van der Waals surface area contributed by atoms with Crippen LogP contribution in [0.3, 0.4) is 0 Å². The van der Waals surface area contributed by atoms with Crippen LogP contribution in [0, 0.1) is 10.1 Å². The van der Waals surface area contributed by atoms with E-state index < -0.39 is 51.4 Å². The highest BCUT2D eigenvalue weighted by Crippen LogP contribution is 2.45. The van der Waals surface area contributed by atoms with E-state index in [4.69, 9.17) is 0 Å². The van der Waals surface area contributed by atoms with Crippen LogP contribution in [0.1, 0.15) is 22.7 Å². The van der Waals surface area contributed by atoms with Crippen molar-refractivity contribution in [3.8, 4) is 0 Å². The number of anilines is 1. The van der Waals surface area contributed by atoms with Gasteiger partial charge in [0.05, 0.1) is 21.6 Å². The number of nitro benzene ring substituents is 1. The van der Waals surface area contributed by atoms with E-state index in [0.29, 0.717) is 10.5 Å². The zero-order chi connectivity index (χ0) is 25.5. The number of alkyl halides is 3. The number of rotatable bonds is 4. The standard InChI is InChI=1S/C24H14BrF3N2O5/c25-15-10-8-13(9-11-15)21(31)19-20(17-6-1-2-7-18(17)30(34)35)29(23(33)22(19)32)16-5-3-4-14(12-16)24(26,27)28/h1-12,20,31H. The molecule has 4 rings (SSSR count). The topological polar surface area (TPSA) is 101 Å². The first kappa shape index (κ1) is 24.1. The van der Waals surface area contributed by atoms with Crippen LogP contribution in [0.5, 0.6) is 0 Å². The molecule has 1 heterocycles. The molecule has 1 amide bonds. The highest BCUT2D eigenvalue weighted by molar-refractivity contribution is 9.10. The number of hydrogen-bond donors (Lipinski definition) is 1. The van der Waals surface area contributed by atoms with Crippen molar-refractivity contribution in [3.05, 3.63) is 110 Å². The Morgan fingerprint density at radius 1 is 1.00 bits per heavy atom. The number of benzene rings is 3. The molecule has 3 aromatic carbocycles. The van der Waals surface area contributed by atoms with Crippen molar-refractivity contribution in [2.24, 2.45) is 0 Å². The zero-order valence-electron chi connectivity index (χ0n) is 17.5. The van der Waals surface area contributed by atoms with E-state index in [1.54, 1.807) is 12.1 Å². The molecular weight excluding hydrogens is 533 g/mol. The minimum absolute atomic E-state index is 0.138. The monoisotopic (exact) mass is 546 g/mol. The van der Waals surface area contributed by atoms with E-state index in [9.17, 15) is 38.0 Å². The van der Waals surface area contributed by atoms with Gasteiger partial charge in [-0.2, -0.15) is 13.2 Å². The second-order valence-corrected chi connectivity index (χ2v) is 8.46. The zero-order valence-corrected chi connectivity index (χ0v) is 19.1. The maximum Gasteiger partial charge on any atom is 0.416 e. The first-order valence-corrected chi connectivity index (χ1v) is 10.8. The lowest BCUT2D eigenvalue weighted by molar-refractivity contribution is -0.385. The summed E-state index contributed by atoms with van der Waals surface area (Å²) in [7, 11) is 0. The normalized spacial score (nSPS) is 17.6. The number of para-hydroxylation sites is 1. The predicted octanol–water partition coefficient (Wildman–Crippen LogP) is 6.00. The molecule has 0 saturated carbocycles. The highest BCUT2D eigenvalue weighted by Gasteiger charge is 2.49. The lowest BCUT2D eigenvalue weighted by Crippen LogP contribution is -2.30. The Morgan fingerprint density at radius 3 is 2.29 bits per heavy atom. The van der Waals surface area contributed by atoms with E-state index in [-0.39, 0.29) is 16.8 Å². The molecule has 3 aromatic rings. The van der Waals surface area contributed by atoms with Gasteiger partial charge in [0.1, 0.15) is 11.8 Å². The van der Waals surface area contributed by atoms with Crippen LogP contribution in [0.15, 0.2) is 82.8 Å². The SMILES string of the molecule is O=C1C(=O)N(c2cccc(C(F)(F)F)c2)C(c2ccccc2[N+](=O)[O-])C1=C(O)c1ccc(Br)cc1. The van der Waals surface area contributed by atoms with Gasteiger partial charge in [-0.1, -0.05) is 46.3 Å². The molecule has 178 valence electrons. The highest BCUT2D eigenvalue weighted by atomic mass is 79.9. The van der Waals surface area contributed by atoms with E-state index in [1.807, 2.05) is 0 Å². The summed E-state index contributed by atoms with van der Waals surface area (Å²) in [6.45, 7) is 0. The van der Waals surface area contributed by atoms with E-state index >= 15 is 0 Å². The minimum atomic E-state index is -4.74. The van der Waals surface area contributed by atoms with Crippen molar-refractivity contribution >= 4 is 44.8 Å². The Kier molecular flexibility index (Phi) is 6.20. The van der Waals surface area contributed by atoms with Crippen molar-refractivity contribution in [3.63, 3.8) is 0 Å². The Morgan fingerprint density at radius 2 is 1.66 bits per heavy atom. The first-order chi connectivity index (χ1) is 16.5. The average molecular weight is 547 g/mol. The molecule has 0 aliphatic carbocycles. The third-order valence-corrected chi connectivity index (χ3v) is 5.97. The van der Waals surface area contributed by atoms with Crippen molar-refractivity contribution in [1.29, 1.82) is 0 Å². The first-order valence-electron chi connectivity index (χ1n) is 9.98. The molecule has 0 aromatic heterocycles. The fourth-order valence-electron chi connectivity index (χ4n) is 3.87. The van der Waals surface area contributed by atoms with E-state index in [2.05, 4.69) is 15.9 Å². The maximum atomic E-state index is 13.4. The lowest BCUT2D eigenvalue weighted by atomic mass is 9.94. The van der Waals surface area contributed by atoms with Gasteiger partial charge >= 0.3 is 6.18 Å². The molecule has 11 heteroatoms. The molecule has 7 nitrogen and oxygen atoms in total. The summed E-state index contributed by atoms with van der Waals surface area (Å²) in [6.07, 6.45) is -4.74. The van der Waals surface area contributed by atoms with Crippen LogP contribution >= 0.6 is 15.9 Å². The van der Waals surface area contributed by atoms with Gasteiger partial charge in [0, 0.05) is 21.8 Å². The molecule has 1 unspecified atom stereocenters. The molecule has 0 spiro atoms. The molecule has 1 saturated heterocycles. The summed E-state index contributed by atoms with van der Waals surface area (Å²) in [5.74, 6) is -3.04. The summed E-state index contributed by atoms with van der Waals surface area (Å²) in [5, 5.41) is 22.8. The number of aliphatic hydroxyl groups excluding tert-OH is 1. The molecule has 1 aliphatic rings. The van der Waals surface area contributed by atoms with E-state index in [1.165, 1.54) is 36.4 Å². The number of ketones is 1. The molecule has 1 N–H and O–H groups in total. The number of nitrogens with zero attached hydrogens (tertiary/aromatic N) is 2. The van der Waals surface area contributed by atoms with Crippen LogP contribution in [-0.4, -0.2) is 21.7 Å². The van der Waals surface area contributed by atoms with Crippen molar-refractivity contribution < 1.29 is 32.8 Å². The largest absolute Gasteiger partial charge is 0.507 e. The lowest BCUT2D eigenvalue weighted by Gasteiger charge is -2.25. The molecule has 1 fully saturated rings. The number of halogens is 4. The summed E-state index contributed by atoms with van der Waals surface area (Å²) < 4.78 is 40.8. The third-order valence-electron chi connectivity index (χ3n) is 5.44. The molecule has 1 atom stereocenters. The van der Waals surface area contributed by atoms with Gasteiger partial charge in [0.15, 0.2) is 0 Å². The minimum Gasteiger partial charge on any atom is -0.507 e. The van der Waals surface area contributed by atoms with Crippen LogP contribution in [0.4, 0.5) is 24.5 Å². The van der Waals surface area contributed by atoms with E-state index in [0.717, 1.165) is 23.1 Å². The Bertz CT molecular complexity index is 1390. The molecule has 35 heavy (non-hydrogen) atoms. The van der Waals surface area contributed by atoms with Gasteiger partial charge in [0.2, 0.25) is 0 Å². The number of amides is 1. The number of carbonyl (C=O) groups excluding carboxylic acids is 2. The van der Waals surface area contributed by atoms with Crippen LogP contribution in [0.2, 0.25) is 0 Å². The van der Waals surface area contributed by atoms with Crippen molar-refractivity contribution in [2.45, 2.75) is 12.2 Å². The second-order valence-electron chi connectivity index (χ2n) is 7.54. The third kappa shape index (κ3) is 4.42. The number of hydrogen-bond acceptors (Lipinski definition) is 5. The Hall–Kier alpha value is -3.99. The van der Waals surface area contributed by atoms with Crippen molar-refractivity contribution in [1.82, 2.24) is 0 Å². The Labute approximate surface area is 204 Å². The summed E-state index contributed by atoms with van der Waals surface area (Å²) >= 11 is 3.24. The van der Waals surface area contributed by atoms with Gasteiger partial charge < -0.3 is 5.11 Å². The smallest absolute Gasteiger partial charge is 0.416 e. The Balaban J connectivity index is 2.01. The molecule has 1 aliphatic heterocycles. The van der Waals surface area contributed by atoms with Gasteiger partial charge in [-0.15, -0.1) is 0 Å². The summed E-state index contributed by atoms with van der Waals surface area (Å²) in [4.78, 5) is 38.0. The van der Waals surface area contributed by atoms with Crippen LogP contribution in [0.25, 0.3) is 5.76 Å². The summed E-state index contributed by atoms with van der Waals surface area (Å²) in [6, 6.07) is 13.4. The quantitative estimate of drug-likeness (QED) is 0.142. The number of Topliss-reactive ketones (excluding diaryl/α,β-unsaturated/α-hetero) is 1. The van der Waals surface area contributed by atoms with Crippen molar-refractivity contribution in [2.75, 3.05) is 4.90 Å². The fraction of sp³-hybridized carbons (Fsp3) is 0.0833. The number of carbonyl (C=O) groups is 2. The van der Waals surface area contributed by atoms with Gasteiger partial charge in [0.25, 0.3) is 17.4 Å². The molecule has 0 bridgehead atoms. The van der Waals surface area contributed by atoms with Crippen LogP contribution < -0.4 is 4.90 Å². The molecule has 0 radical (unpaired) electrons. The summed E-state index contributed by atoms with van der Waals surface area (Å²) in [5.41, 5.74) is -2.35. The fourth-order valence-corrected chi connectivity index (χ4v) is 4.14. The van der Waals surface area contributed by atoms with Gasteiger partial charge in [-0.05, 0) is 36.4 Å².